The lowest BCUT2D eigenvalue weighted by atomic mass is 9.81. The van der Waals surface area contributed by atoms with Crippen molar-refractivity contribution in [2.75, 3.05) is 11.9 Å². The third kappa shape index (κ3) is 4.39. The monoisotopic (exact) mass is 510 g/mol. The summed E-state index contributed by atoms with van der Waals surface area (Å²) in [5.41, 5.74) is -0.710. The van der Waals surface area contributed by atoms with Gasteiger partial charge in [0.1, 0.15) is 12.4 Å². The Hall–Kier alpha value is -1.92. The first-order chi connectivity index (χ1) is 13.2. The van der Waals surface area contributed by atoms with Crippen molar-refractivity contribution in [1.82, 2.24) is 5.48 Å². The van der Waals surface area contributed by atoms with Crippen LogP contribution < -0.4 is 10.8 Å². The predicted molar refractivity (Wildman–Crippen MR) is 101 cm³/mol. The molecular formula is C18H15F4IN2O3. The van der Waals surface area contributed by atoms with Gasteiger partial charge in [0.15, 0.2) is 17.5 Å². The molecule has 0 radical (unpaired) electrons. The summed E-state index contributed by atoms with van der Waals surface area (Å²) < 4.78 is 56.2. The Bertz CT molecular complexity index is 922. The molecule has 0 aliphatic heterocycles. The number of hydroxylamine groups is 1. The van der Waals surface area contributed by atoms with Gasteiger partial charge in [-0.2, -0.15) is 0 Å². The highest BCUT2D eigenvalue weighted by Crippen LogP contribution is 2.32. The lowest BCUT2D eigenvalue weighted by Gasteiger charge is -2.35. The number of anilines is 2. The van der Waals surface area contributed by atoms with Crippen LogP contribution in [0.3, 0.4) is 0 Å². The summed E-state index contributed by atoms with van der Waals surface area (Å²) in [6.07, 6.45) is 1.82. The van der Waals surface area contributed by atoms with E-state index in [9.17, 15) is 27.5 Å². The number of carbonyl (C=O) groups excluding carboxylic acids is 1. The van der Waals surface area contributed by atoms with Crippen LogP contribution in [0.2, 0.25) is 0 Å². The summed E-state index contributed by atoms with van der Waals surface area (Å²) in [4.78, 5) is 17.2. The van der Waals surface area contributed by atoms with Crippen molar-refractivity contribution in [2.24, 2.45) is 0 Å². The van der Waals surface area contributed by atoms with Gasteiger partial charge in [0.05, 0.1) is 22.5 Å². The highest BCUT2D eigenvalue weighted by Gasteiger charge is 2.35. The Morgan fingerprint density at radius 3 is 2.46 bits per heavy atom. The lowest BCUT2D eigenvalue weighted by molar-refractivity contribution is -0.113. The van der Waals surface area contributed by atoms with Crippen LogP contribution in [0.15, 0.2) is 24.3 Å². The molecule has 2 aromatic rings. The van der Waals surface area contributed by atoms with Gasteiger partial charge in [-0.3, -0.25) is 9.63 Å². The number of halogens is 5. The molecule has 0 heterocycles. The molecule has 3 rings (SSSR count). The van der Waals surface area contributed by atoms with Crippen LogP contribution in [0.25, 0.3) is 0 Å². The summed E-state index contributed by atoms with van der Waals surface area (Å²) in [5, 5.41) is 12.2. The number of hydrogen-bond donors (Lipinski definition) is 3. The van der Waals surface area contributed by atoms with Gasteiger partial charge in [0.2, 0.25) is 0 Å². The highest BCUT2D eigenvalue weighted by molar-refractivity contribution is 14.1. The van der Waals surface area contributed by atoms with Crippen LogP contribution in [0.5, 0.6) is 0 Å². The molecule has 0 unspecified atom stereocenters. The summed E-state index contributed by atoms with van der Waals surface area (Å²) >= 11 is 1.86. The van der Waals surface area contributed by atoms with E-state index < -0.39 is 46.0 Å². The number of hydrogen-bond acceptors (Lipinski definition) is 4. The molecule has 0 saturated heterocycles. The van der Waals surface area contributed by atoms with E-state index in [0.29, 0.717) is 22.5 Å². The van der Waals surface area contributed by atoms with Gasteiger partial charge >= 0.3 is 0 Å². The maximum Gasteiger partial charge on any atom is 0.277 e. The van der Waals surface area contributed by atoms with Crippen LogP contribution in [-0.2, 0) is 4.84 Å². The van der Waals surface area contributed by atoms with Gasteiger partial charge in [0.25, 0.3) is 5.91 Å². The van der Waals surface area contributed by atoms with Crippen molar-refractivity contribution >= 4 is 39.9 Å². The first kappa shape index (κ1) is 20.8. The second-order valence-electron chi connectivity index (χ2n) is 6.46. The van der Waals surface area contributed by atoms with Crippen LogP contribution in [0.4, 0.5) is 28.9 Å². The number of benzene rings is 2. The third-order valence-electron chi connectivity index (χ3n) is 4.39. The van der Waals surface area contributed by atoms with Crippen LogP contribution in [0, 0.1) is 26.8 Å². The van der Waals surface area contributed by atoms with E-state index >= 15 is 0 Å². The molecule has 28 heavy (non-hydrogen) atoms. The van der Waals surface area contributed by atoms with Crippen molar-refractivity contribution in [3.63, 3.8) is 0 Å². The molecule has 1 fully saturated rings. The fourth-order valence-electron chi connectivity index (χ4n) is 2.64. The minimum absolute atomic E-state index is 0.209. The first-order valence-corrected chi connectivity index (χ1v) is 9.32. The molecule has 0 aromatic heterocycles. The number of rotatable bonds is 6. The Labute approximate surface area is 171 Å². The third-order valence-corrected chi connectivity index (χ3v) is 5.06. The minimum atomic E-state index is -1.81. The van der Waals surface area contributed by atoms with E-state index in [0.717, 1.165) is 12.5 Å². The van der Waals surface area contributed by atoms with Crippen LogP contribution in [0.1, 0.15) is 29.6 Å². The zero-order valence-corrected chi connectivity index (χ0v) is 16.4. The molecular weight excluding hydrogens is 495 g/mol. The standard InChI is InChI=1S/C18H15F4IN2O3/c19-11-6-9(23)2-3-13(11)24-16-10(7-12(20)14(21)15(16)22)17(26)25-28-8-18(27)4-1-5-18/h2-3,6-7,24,27H,1,4-5,8H2,(H,25,26). The topological polar surface area (TPSA) is 70.6 Å². The van der Waals surface area contributed by atoms with E-state index in [4.69, 9.17) is 4.84 Å². The largest absolute Gasteiger partial charge is 0.387 e. The maximum atomic E-state index is 14.3. The average molecular weight is 510 g/mol. The molecule has 0 spiro atoms. The lowest BCUT2D eigenvalue weighted by Crippen LogP contribution is -2.44. The van der Waals surface area contributed by atoms with E-state index in [1.54, 1.807) is 0 Å². The second-order valence-corrected chi connectivity index (χ2v) is 7.70. The number of nitrogens with one attached hydrogen (secondary N) is 2. The predicted octanol–water partition coefficient (Wildman–Crippen LogP) is 4.17. The quantitative estimate of drug-likeness (QED) is 0.236. The molecule has 1 saturated carbocycles. The van der Waals surface area contributed by atoms with Gasteiger partial charge in [0, 0.05) is 3.57 Å². The van der Waals surface area contributed by atoms with Crippen LogP contribution in [-0.4, -0.2) is 23.2 Å². The van der Waals surface area contributed by atoms with Crippen molar-refractivity contribution in [3.8, 4) is 0 Å². The molecule has 150 valence electrons. The molecule has 3 N–H and O–H groups in total. The average Bonchev–Trinajstić information content (AvgIpc) is 2.62. The normalized spacial score (nSPS) is 15.1. The molecule has 1 aliphatic rings. The van der Waals surface area contributed by atoms with E-state index in [2.05, 4.69) is 5.32 Å². The van der Waals surface area contributed by atoms with Crippen molar-refractivity contribution in [3.05, 3.63) is 56.7 Å². The molecule has 10 heteroatoms. The Kier molecular flexibility index (Phi) is 6.10. The second kappa shape index (κ2) is 8.21. The fourth-order valence-corrected chi connectivity index (χ4v) is 3.10. The SMILES string of the molecule is O=C(NOCC1(O)CCC1)c1cc(F)c(F)c(F)c1Nc1ccc(I)cc1F. The Morgan fingerprint density at radius 1 is 1.14 bits per heavy atom. The van der Waals surface area contributed by atoms with Crippen molar-refractivity contribution < 1.29 is 32.3 Å². The first-order valence-electron chi connectivity index (χ1n) is 8.24. The number of amides is 1. The highest BCUT2D eigenvalue weighted by atomic mass is 127. The van der Waals surface area contributed by atoms with E-state index in [1.165, 1.54) is 12.1 Å². The molecule has 1 aliphatic carbocycles. The van der Waals surface area contributed by atoms with Crippen molar-refractivity contribution in [2.45, 2.75) is 24.9 Å². The molecule has 2 aromatic carbocycles. The maximum absolute atomic E-state index is 14.3. The Morgan fingerprint density at radius 2 is 1.86 bits per heavy atom. The van der Waals surface area contributed by atoms with Crippen LogP contribution >= 0.6 is 22.6 Å². The zero-order valence-electron chi connectivity index (χ0n) is 14.3. The number of carbonyl (C=O) groups is 1. The van der Waals surface area contributed by atoms with Gasteiger partial charge < -0.3 is 10.4 Å². The summed E-state index contributed by atoms with van der Waals surface area (Å²) in [6, 6.07) is 4.39. The summed E-state index contributed by atoms with van der Waals surface area (Å²) in [5.74, 6) is -6.94. The van der Waals surface area contributed by atoms with E-state index in [-0.39, 0.29) is 12.3 Å². The molecule has 5 nitrogen and oxygen atoms in total. The minimum Gasteiger partial charge on any atom is -0.387 e. The van der Waals surface area contributed by atoms with E-state index in [1.807, 2.05) is 28.1 Å². The van der Waals surface area contributed by atoms with Gasteiger partial charge in [-0.1, -0.05) is 0 Å². The summed E-state index contributed by atoms with van der Waals surface area (Å²) in [7, 11) is 0. The van der Waals surface area contributed by atoms with Crippen molar-refractivity contribution in [1.29, 1.82) is 0 Å². The molecule has 1 amide bonds. The fraction of sp³-hybridized carbons (Fsp3) is 0.278. The number of aliphatic hydroxyl groups is 1. The Balaban J connectivity index is 1.85. The molecule has 0 bridgehead atoms. The summed E-state index contributed by atoms with van der Waals surface area (Å²) in [6.45, 7) is -0.209. The van der Waals surface area contributed by atoms with Gasteiger partial charge in [-0.25, -0.2) is 23.0 Å². The molecule has 0 atom stereocenters. The smallest absolute Gasteiger partial charge is 0.277 e. The zero-order chi connectivity index (χ0) is 20.5. The van der Waals surface area contributed by atoms with Gasteiger partial charge in [-0.05, 0) is 66.1 Å². The van der Waals surface area contributed by atoms with Gasteiger partial charge in [-0.15, -0.1) is 0 Å².